The van der Waals surface area contributed by atoms with Crippen molar-refractivity contribution in [3.8, 4) is 5.75 Å². The van der Waals surface area contributed by atoms with Crippen molar-refractivity contribution in [1.82, 2.24) is 10.0 Å². The summed E-state index contributed by atoms with van der Waals surface area (Å²) in [6.45, 7) is 4.94. The predicted octanol–water partition coefficient (Wildman–Crippen LogP) is 1.11. The Kier molecular flexibility index (Phi) is 6.27. The molecule has 0 fully saturated rings. The highest BCUT2D eigenvalue weighted by atomic mass is 32.2. The first-order valence-corrected chi connectivity index (χ1v) is 7.96. The Morgan fingerprint density at radius 1 is 1.26 bits per heavy atom. The minimum atomic E-state index is -3.15. The van der Waals surface area contributed by atoms with Gasteiger partial charge in [0, 0.05) is 18.7 Å². The number of benzene rings is 1. The number of rotatable bonds is 8. The maximum Gasteiger partial charge on any atom is 0.212 e. The molecule has 0 atom stereocenters. The second kappa shape index (κ2) is 7.47. The monoisotopic (exact) mass is 286 g/mol. The van der Waals surface area contributed by atoms with Crippen molar-refractivity contribution in [3.05, 3.63) is 29.8 Å². The zero-order valence-corrected chi connectivity index (χ0v) is 12.5. The van der Waals surface area contributed by atoms with E-state index in [0.29, 0.717) is 13.1 Å². The van der Waals surface area contributed by atoms with E-state index < -0.39 is 10.0 Å². The van der Waals surface area contributed by atoms with Crippen LogP contribution in [0.2, 0.25) is 0 Å². The summed E-state index contributed by atoms with van der Waals surface area (Å²) in [6.07, 6.45) is 0.116. The van der Waals surface area contributed by atoms with E-state index in [1.807, 2.05) is 38.1 Å². The lowest BCUT2D eigenvalue weighted by molar-refractivity contribution is 0.239. The van der Waals surface area contributed by atoms with Gasteiger partial charge in [-0.1, -0.05) is 18.2 Å². The van der Waals surface area contributed by atoms with Crippen molar-refractivity contribution >= 4 is 10.0 Å². The molecule has 2 N–H and O–H groups in total. The molecule has 1 aromatic carbocycles. The molecule has 0 heterocycles. The minimum Gasteiger partial charge on any atom is -0.491 e. The molecule has 0 unspecified atom stereocenters. The van der Waals surface area contributed by atoms with Crippen molar-refractivity contribution in [2.75, 3.05) is 19.3 Å². The van der Waals surface area contributed by atoms with Gasteiger partial charge in [0.15, 0.2) is 0 Å². The summed E-state index contributed by atoms with van der Waals surface area (Å²) < 4.78 is 30.5. The summed E-state index contributed by atoms with van der Waals surface area (Å²) >= 11 is 0. The quantitative estimate of drug-likeness (QED) is 0.703. The third-order valence-corrected chi connectivity index (χ3v) is 3.87. The summed E-state index contributed by atoms with van der Waals surface area (Å²) in [5, 5.41) is 3.11. The van der Waals surface area contributed by atoms with E-state index >= 15 is 0 Å². The van der Waals surface area contributed by atoms with Crippen LogP contribution in [-0.2, 0) is 16.6 Å². The van der Waals surface area contributed by atoms with Gasteiger partial charge in [-0.25, -0.2) is 13.1 Å². The Balaban J connectivity index is 2.49. The molecule has 0 aliphatic rings. The smallest absolute Gasteiger partial charge is 0.212 e. The first-order valence-electron chi connectivity index (χ1n) is 6.31. The van der Waals surface area contributed by atoms with Gasteiger partial charge in [0.2, 0.25) is 10.0 Å². The highest BCUT2D eigenvalue weighted by molar-refractivity contribution is 7.89. The molecule has 0 saturated carbocycles. The van der Waals surface area contributed by atoms with E-state index in [2.05, 4.69) is 10.0 Å². The van der Waals surface area contributed by atoms with Crippen molar-refractivity contribution in [2.45, 2.75) is 26.5 Å². The SMILES string of the molecule is CNS(=O)(=O)CCNCc1ccccc1OC(C)C. The first-order chi connectivity index (χ1) is 8.94. The van der Waals surface area contributed by atoms with Gasteiger partial charge in [0.1, 0.15) is 5.75 Å². The summed E-state index contributed by atoms with van der Waals surface area (Å²) in [6, 6.07) is 7.75. The van der Waals surface area contributed by atoms with Gasteiger partial charge in [-0.05, 0) is 27.0 Å². The molecular formula is C13H22N2O3S. The number of hydrogen-bond acceptors (Lipinski definition) is 4. The van der Waals surface area contributed by atoms with Crippen LogP contribution >= 0.6 is 0 Å². The van der Waals surface area contributed by atoms with Gasteiger partial charge in [-0.3, -0.25) is 0 Å². The van der Waals surface area contributed by atoms with Crippen molar-refractivity contribution in [1.29, 1.82) is 0 Å². The van der Waals surface area contributed by atoms with E-state index in [-0.39, 0.29) is 11.9 Å². The summed E-state index contributed by atoms with van der Waals surface area (Å²) in [5.74, 6) is 0.901. The third kappa shape index (κ3) is 6.04. The van der Waals surface area contributed by atoms with Crippen molar-refractivity contribution in [3.63, 3.8) is 0 Å². The molecule has 0 bridgehead atoms. The average Bonchev–Trinajstić information content (AvgIpc) is 2.36. The standard InChI is InChI=1S/C13H22N2O3S/c1-11(2)18-13-7-5-4-6-12(13)10-15-8-9-19(16,17)14-3/h4-7,11,14-15H,8-10H2,1-3H3. The molecule has 0 spiro atoms. The topological polar surface area (TPSA) is 67.4 Å². The number of nitrogens with one attached hydrogen (secondary N) is 2. The summed E-state index contributed by atoms with van der Waals surface area (Å²) in [7, 11) is -1.73. The molecule has 0 amide bonds. The number of hydrogen-bond donors (Lipinski definition) is 2. The fourth-order valence-corrected chi connectivity index (χ4v) is 2.17. The van der Waals surface area contributed by atoms with E-state index in [9.17, 15) is 8.42 Å². The van der Waals surface area contributed by atoms with Crippen LogP contribution in [0, 0.1) is 0 Å². The lowest BCUT2D eigenvalue weighted by Crippen LogP contribution is -2.29. The molecule has 0 aromatic heterocycles. The molecular weight excluding hydrogens is 264 g/mol. The van der Waals surface area contributed by atoms with Gasteiger partial charge in [0.25, 0.3) is 0 Å². The molecule has 6 heteroatoms. The van der Waals surface area contributed by atoms with Gasteiger partial charge in [0.05, 0.1) is 11.9 Å². The third-order valence-electron chi connectivity index (χ3n) is 2.51. The highest BCUT2D eigenvalue weighted by Crippen LogP contribution is 2.18. The second-order valence-corrected chi connectivity index (χ2v) is 6.52. The zero-order valence-electron chi connectivity index (χ0n) is 11.6. The molecule has 0 aliphatic heterocycles. The molecule has 0 saturated heterocycles. The van der Waals surface area contributed by atoms with Gasteiger partial charge >= 0.3 is 0 Å². The molecule has 19 heavy (non-hydrogen) atoms. The molecule has 108 valence electrons. The Hall–Kier alpha value is -1.11. The molecule has 0 aliphatic carbocycles. The Labute approximate surface area is 115 Å². The molecule has 1 aromatic rings. The fourth-order valence-electron chi connectivity index (χ4n) is 1.55. The normalized spacial score (nSPS) is 11.8. The maximum atomic E-state index is 11.2. The van der Waals surface area contributed by atoms with Crippen LogP contribution in [0.15, 0.2) is 24.3 Å². The predicted molar refractivity (Wildman–Crippen MR) is 76.8 cm³/mol. The number of para-hydroxylation sites is 1. The van der Waals surface area contributed by atoms with E-state index in [1.54, 1.807) is 0 Å². The molecule has 5 nitrogen and oxygen atoms in total. The second-order valence-electron chi connectivity index (χ2n) is 4.47. The number of ether oxygens (including phenoxy) is 1. The summed E-state index contributed by atoms with van der Waals surface area (Å²) in [4.78, 5) is 0. The van der Waals surface area contributed by atoms with E-state index in [0.717, 1.165) is 11.3 Å². The van der Waals surface area contributed by atoms with E-state index in [1.165, 1.54) is 7.05 Å². The summed E-state index contributed by atoms with van der Waals surface area (Å²) in [5.41, 5.74) is 1.03. The first kappa shape index (κ1) is 15.9. The number of sulfonamides is 1. The lowest BCUT2D eigenvalue weighted by Gasteiger charge is -2.14. The van der Waals surface area contributed by atoms with Crippen LogP contribution in [0.1, 0.15) is 19.4 Å². The Morgan fingerprint density at radius 3 is 2.58 bits per heavy atom. The van der Waals surface area contributed by atoms with Crippen LogP contribution in [0.3, 0.4) is 0 Å². The fraction of sp³-hybridized carbons (Fsp3) is 0.538. The zero-order chi connectivity index (χ0) is 14.3. The highest BCUT2D eigenvalue weighted by Gasteiger charge is 2.07. The van der Waals surface area contributed by atoms with Gasteiger partial charge in [-0.2, -0.15) is 0 Å². The average molecular weight is 286 g/mol. The lowest BCUT2D eigenvalue weighted by atomic mass is 10.2. The van der Waals surface area contributed by atoms with Crippen molar-refractivity contribution < 1.29 is 13.2 Å². The van der Waals surface area contributed by atoms with Crippen LogP contribution in [0.5, 0.6) is 5.75 Å². The van der Waals surface area contributed by atoms with Crippen LogP contribution in [0.4, 0.5) is 0 Å². The molecule has 1 rings (SSSR count). The minimum absolute atomic E-state index is 0.0662. The Bertz CT molecular complexity index is 486. The van der Waals surface area contributed by atoms with Crippen molar-refractivity contribution in [2.24, 2.45) is 0 Å². The van der Waals surface area contributed by atoms with Gasteiger partial charge < -0.3 is 10.1 Å². The van der Waals surface area contributed by atoms with Crippen LogP contribution in [-0.4, -0.2) is 33.9 Å². The van der Waals surface area contributed by atoms with Crippen LogP contribution < -0.4 is 14.8 Å². The maximum absolute atomic E-state index is 11.2. The van der Waals surface area contributed by atoms with Crippen LogP contribution in [0.25, 0.3) is 0 Å². The Morgan fingerprint density at radius 2 is 1.95 bits per heavy atom. The van der Waals surface area contributed by atoms with Gasteiger partial charge in [-0.15, -0.1) is 0 Å². The molecule has 0 radical (unpaired) electrons. The largest absolute Gasteiger partial charge is 0.491 e. The van der Waals surface area contributed by atoms with E-state index in [4.69, 9.17) is 4.74 Å².